The highest BCUT2D eigenvalue weighted by molar-refractivity contribution is 5.96. The Morgan fingerprint density at radius 2 is 2.25 bits per heavy atom. The molecule has 9 heteroatoms. The highest BCUT2D eigenvalue weighted by Gasteiger charge is 2.47. The third-order valence-corrected chi connectivity index (χ3v) is 5.84. The molecule has 2 atom stereocenters. The maximum Gasteiger partial charge on any atom is 0.333 e. The van der Waals surface area contributed by atoms with E-state index in [2.05, 4.69) is 4.98 Å². The maximum absolute atomic E-state index is 14.9. The second kappa shape index (κ2) is 6.40. The largest absolute Gasteiger partial charge is 0.478 e. The molecule has 3 N–H and O–H groups in total. The van der Waals surface area contributed by atoms with E-state index in [1.165, 1.54) is 12.1 Å². The van der Waals surface area contributed by atoms with Crippen molar-refractivity contribution in [2.45, 2.75) is 37.2 Å². The van der Waals surface area contributed by atoms with Crippen LogP contribution in [0.4, 0.5) is 16.0 Å². The van der Waals surface area contributed by atoms with Crippen molar-refractivity contribution in [1.82, 2.24) is 4.98 Å². The van der Waals surface area contributed by atoms with Crippen molar-refractivity contribution in [3.63, 3.8) is 0 Å². The topological polar surface area (TPSA) is 101 Å². The molecule has 5 rings (SSSR count). The average molecular weight is 390 g/mol. The number of carboxylic acids is 1. The zero-order chi connectivity index (χ0) is 19.5. The van der Waals surface area contributed by atoms with Crippen LogP contribution in [0.15, 0.2) is 11.6 Å². The molecule has 1 aromatic heterocycles. The van der Waals surface area contributed by atoms with Gasteiger partial charge in [0.15, 0.2) is 17.4 Å². The molecule has 3 fully saturated rings. The fraction of sp³-hybridized carbons (Fsp3) is 0.579. The molecule has 150 valence electrons. The van der Waals surface area contributed by atoms with E-state index >= 15 is 0 Å². The fourth-order valence-electron chi connectivity index (χ4n) is 4.23. The van der Waals surface area contributed by atoms with E-state index in [9.17, 15) is 14.3 Å². The summed E-state index contributed by atoms with van der Waals surface area (Å²) >= 11 is 0. The normalized spacial score (nSPS) is 29.4. The average Bonchev–Trinajstić information content (AvgIpc) is 3.33. The maximum atomic E-state index is 14.9. The molecular formula is C19H23FN4O4. The Kier molecular flexibility index (Phi) is 4.08. The Bertz CT molecular complexity index is 859. The van der Waals surface area contributed by atoms with Gasteiger partial charge in [-0.3, -0.25) is 0 Å². The van der Waals surface area contributed by atoms with Gasteiger partial charge in [-0.25, -0.2) is 14.2 Å². The third kappa shape index (κ3) is 2.94. The lowest BCUT2D eigenvalue weighted by Crippen LogP contribution is -2.37. The number of ether oxygens (including phenoxy) is 2. The lowest BCUT2D eigenvalue weighted by molar-refractivity contribution is -0.148. The van der Waals surface area contributed by atoms with E-state index in [0.717, 1.165) is 12.8 Å². The van der Waals surface area contributed by atoms with Gasteiger partial charge in [-0.05, 0) is 25.0 Å². The summed E-state index contributed by atoms with van der Waals surface area (Å²) in [4.78, 5) is 19.9. The quantitative estimate of drug-likeness (QED) is 0.784. The molecular weight excluding hydrogens is 367 g/mol. The molecule has 4 heterocycles. The van der Waals surface area contributed by atoms with Gasteiger partial charge in [-0.15, -0.1) is 0 Å². The SMILES string of the molecule is NCC1COC2(CCN(c3nc4c(cc3F)C=C(C(=O)O)CN4C3CC3)C2)O1. The molecule has 1 aliphatic carbocycles. The lowest BCUT2D eigenvalue weighted by atomic mass is 10.1. The number of nitrogens with zero attached hydrogens (tertiary/aromatic N) is 3. The number of aliphatic carboxylic acids is 1. The molecule has 2 saturated heterocycles. The molecule has 1 spiro atoms. The van der Waals surface area contributed by atoms with Crippen LogP contribution in [-0.4, -0.2) is 66.8 Å². The number of nitrogens with two attached hydrogens (primary N) is 1. The zero-order valence-electron chi connectivity index (χ0n) is 15.4. The van der Waals surface area contributed by atoms with Crippen molar-refractivity contribution < 1.29 is 23.8 Å². The Labute approximate surface area is 161 Å². The summed E-state index contributed by atoms with van der Waals surface area (Å²) in [7, 11) is 0. The zero-order valence-corrected chi connectivity index (χ0v) is 15.4. The van der Waals surface area contributed by atoms with Crippen molar-refractivity contribution in [3.05, 3.63) is 23.0 Å². The van der Waals surface area contributed by atoms with Crippen molar-refractivity contribution in [3.8, 4) is 0 Å². The number of aromatic nitrogens is 1. The number of pyridine rings is 1. The molecule has 0 radical (unpaired) electrons. The van der Waals surface area contributed by atoms with Gasteiger partial charge in [0.25, 0.3) is 0 Å². The summed E-state index contributed by atoms with van der Waals surface area (Å²) in [5.41, 5.74) is 6.44. The van der Waals surface area contributed by atoms with E-state index in [-0.39, 0.29) is 23.5 Å². The van der Waals surface area contributed by atoms with Crippen LogP contribution in [0.25, 0.3) is 6.08 Å². The van der Waals surface area contributed by atoms with Gasteiger partial charge < -0.3 is 30.1 Å². The number of halogens is 1. The molecule has 1 aromatic rings. The summed E-state index contributed by atoms with van der Waals surface area (Å²) in [6.45, 7) is 2.09. The van der Waals surface area contributed by atoms with Gasteiger partial charge in [-0.2, -0.15) is 0 Å². The third-order valence-electron chi connectivity index (χ3n) is 5.84. The Balaban J connectivity index is 1.46. The van der Waals surface area contributed by atoms with E-state index < -0.39 is 17.6 Å². The Hall–Kier alpha value is -2.23. The monoisotopic (exact) mass is 390 g/mol. The Morgan fingerprint density at radius 1 is 1.43 bits per heavy atom. The van der Waals surface area contributed by atoms with Crippen LogP contribution in [0.3, 0.4) is 0 Å². The predicted octanol–water partition coefficient (Wildman–Crippen LogP) is 0.952. The second-order valence-electron chi connectivity index (χ2n) is 7.91. The summed E-state index contributed by atoms with van der Waals surface area (Å²) in [6.07, 6.45) is 4.01. The minimum Gasteiger partial charge on any atom is -0.478 e. The molecule has 28 heavy (non-hydrogen) atoms. The molecule has 0 aromatic carbocycles. The van der Waals surface area contributed by atoms with Crippen LogP contribution in [-0.2, 0) is 14.3 Å². The molecule has 0 amide bonds. The molecule has 1 saturated carbocycles. The number of fused-ring (bicyclic) bond motifs is 1. The van der Waals surface area contributed by atoms with Crippen LogP contribution < -0.4 is 15.5 Å². The number of carbonyl (C=O) groups is 1. The number of hydrogen-bond acceptors (Lipinski definition) is 7. The first-order valence-electron chi connectivity index (χ1n) is 9.66. The summed E-state index contributed by atoms with van der Waals surface area (Å²) in [5, 5.41) is 9.39. The van der Waals surface area contributed by atoms with Gasteiger partial charge in [0.2, 0.25) is 0 Å². The first-order chi connectivity index (χ1) is 13.5. The van der Waals surface area contributed by atoms with Crippen LogP contribution in [0.1, 0.15) is 24.8 Å². The van der Waals surface area contributed by atoms with Gasteiger partial charge in [0, 0.05) is 31.1 Å². The van der Waals surface area contributed by atoms with E-state index in [1.807, 2.05) is 9.80 Å². The van der Waals surface area contributed by atoms with Crippen molar-refractivity contribution in [2.24, 2.45) is 5.73 Å². The minimum absolute atomic E-state index is 0.133. The highest BCUT2D eigenvalue weighted by atomic mass is 19.1. The van der Waals surface area contributed by atoms with E-state index in [4.69, 9.17) is 15.2 Å². The van der Waals surface area contributed by atoms with Crippen LogP contribution in [0, 0.1) is 5.82 Å². The van der Waals surface area contributed by atoms with Gasteiger partial charge in [0.1, 0.15) is 5.82 Å². The van der Waals surface area contributed by atoms with E-state index in [1.54, 1.807) is 0 Å². The smallest absolute Gasteiger partial charge is 0.333 e. The van der Waals surface area contributed by atoms with Gasteiger partial charge in [0.05, 0.1) is 31.4 Å². The van der Waals surface area contributed by atoms with Crippen molar-refractivity contribution in [1.29, 1.82) is 0 Å². The molecule has 8 nitrogen and oxygen atoms in total. The molecule has 4 aliphatic rings. The molecule has 0 bridgehead atoms. The Morgan fingerprint density at radius 3 is 2.93 bits per heavy atom. The molecule has 2 unspecified atom stereocenters. The van der Waals surface area contributed by atoms with Gasteiger partial charge in [-0.1, -0.05) is 0 Å². The lowest BCUT2D eigenvalue weighted by Gasteiger charge is -2.31. The number of carboxylic acid groups (broad SMARTS) is 1. The van der Waals surface area contributed by atoms with Crippen molar-refractivity contribution >= 4 is 23.7 Å². The van der Waals surface area contributed by atoms with E-state index in [0.29, 0.717) is 50.6 Å². The fourth-order valence-corrected chi connectivity index (χ4v) is 4.23. The second-order valence-corrected chi connectivity index (χ2v) is 7.91. The standard InChI is InChI=1S/C19H23FN4O4/c20-15-6-11-5-12(18(25)26)8-24(13-1-2-13)16(11)22-17(15)23-4-3-19(10-23)27-9-14(7-21)28-19/h5-6,13-14H,1-4,7-10,21H2,(H,25,26). The summed E-state index contributed by atoms with van der Waals surface area (Å²) < 4.78 is 26.7. The first-order valence-corrected chi connectivity index (χ1v) is 9.66. The van der Waals surface area contributed by atoms with Gasteiger partial charge >= 0.3 is 5.97 Å². The predicted molar refractivity (Wildman–Crippen MR) is 99.6 cm³/mol. The van der Waals surface area contributed by atoms with Crippen molar-refractivity contribution in [2.75, 3.05) is 42.6 Å². The summed E-state index contributed by atoms with van der Waals surface area (Å²) in [6, 6.07) is 1.66. The van der Waals surface area contributed by atoms with Crippen LogP contribution in [0.2, 0.25) is 0 Å². The number of rotatable bonds is 4. The number of anilines is 2. The first kappa shape index (κ1) is 17.8. The highest BCUT2D eigenvalue weighted by Crippen LogP contribution is 2.40. The summed E-state index contributed by atoms with van der Waals surface area (Å²) in [5.74, 6) is -1.29. The number of hydrogen-bond donors (Lipinski definition) is 2. The minimum atomic E-state index is -0.979. The van der Waals surface area contributed by atoms with Crippen LogP contribution >= 0.6 is 0 Å². The molecule has 3 aliphatic heterocycles. The van der Waals surface area contributed by atoms with Crippen LogP contribution in [0.5, 0.6) is 0 Å².